The SMILES string of the molecule is CC(C)(C)C1CC2CCC3CC(C(C)(C)C)CC4C(C5CCC6C(C5)B5C7CCC(N8C9CCCCC9C9CCCCC98)CC7N(C7C(C8CCCCC8)CCCC7C7CCCCC7)C7CC(N8C9CCCCC9C9CCCCC98)CC(C57)N6C5C(C6CCCCC6)CCCC5C5CCCCC5)CC(C1)C2C34. The van der Waals surface area contributed by atoms with Gasteiger partial charge in [-0.2, -0.15) is 0 Å². The topological polar surface area (TPSA) is 13.0 Å². The molecule has 17 saturated carbocycles. The predicted octanol–water partition coefficient (Wildman–Crippen LogP) is 26.4. The Bertz CT molecular complexity index is 2860. The first kappa shape index (κ1) is 74.5. The summed E-state index contributed by atoms with van der Waals surface area (Å²) in [6.07, 6.45) is 90.1. The summed E-state index contributed by atoms with van der Waals surface area (Å²) >= 11 is 0. The zero-order chi connectivity index (χ0) is 71.6. The van der Waals surface area contributed by atoms with Crippen LogP contribution in [0.15, 0.2) is 0 Å². The molecule has 4 heterocycles. The molecule has 4 saturated heterocycles. The first-order valence-electron chi connectivity index (χ1n) is 51.5. The Morgan fingerprint density at radius 2 is 0.579 bits per heavy atom. The molecule has 31 atom stereocenters. The van der Waals surface area contributed by atoms with Crippen LogP contribution in [0, 0.1) is 141 Å². The Morgan fingerprint density at radius 3 is 1.04 bits per heavy atom. The third-order valence-corrected chi connectivity index (χ3v) is 42.8. The fourth-order valence-corrected chi connectivity index (χ4v) is 39.2. The number of hydrogen-bond donors (Lipinski definition) is 0. The minimum absolute atomic E-state index is 0.434. The van der Waals surface area contributed by atoms with Crippen molar-refractivity contribution >= 4 is 6.71 Å². The molecular weight excluding hydrogens is 1290 g/mol. The maximum absolute atomic E-state index is 4.05. The van der Waals surface area contributed by atoms with E-state index in [4.69, 9.17) is 0 Å². The van der Waals surface area contributed by atoms with Gasteiger partial charge in [-0.25, -0.2) is 0 Å². The Labute approximate surface area is 660 Å². The van der Waals surface area contributed by atoms with Crippen LogP contribution in [0.3, 0.4) is 0 Å². The average Bonchev–Trinajstić information content (AvgIpc) is 0.965. The summed E-state index contributed by atoms with van der Waals surface area (Å²) in [6.45, 7) is 17.3. The number of hydrogen-bond acceptors (Lipinski definition) is 4. The van der Waals surface area contributed by atoms with E-state index in [2.05, 4.69) is 61.1 Å². The zero-order valence-electron chi connectivity index (χ0n) is 71.0. The molecule has 0 spiro atoms. The summed E-state index contributed by atoms with van der Waals surface area (Å²) in [5.41, 5.74) is 0.881. The van der Waals surface area contributed by atoms with Crippen LogP contribution in [0.25, 0.3) is 0 Å². The van der Waals surface area contributed by atoms with Crippen molar-refractivity contribution in [3.63, 3.8) is 0 Å². The quantitative estimate of drug-likeness (QED) is 0.213. The van der Waals surface area contributed by atoms with Crippen molar-refractivity contribution in [2.45, 2.75) is 497 Å². The highest BCUT2D eigenvalue weighted by Crippen LogP contribution is 2.72. The molecule has 21 aliphatic rings. The number of likely N-dealkylation sites (tertiary alicyclic amines) is 2. The van der Waals surface area contributed by atoms with Crippen molar-refractivity contribution in [2.75, 3.05) is 0 Å². The van der Waals surface area contributed by atoms with Crippen molar-refractivity contribution in [1.29, 1.82) is 0 Å². The van der Waals surface area contributed by atoms with Crippen LogP contribution in [0.2, 0.25) is 17.5 Å². The van der Waals surface area contributed by atoms with Crippen LogP contribution in [0.5, 0.6) is 0 Å². The van der Waals surface area contributed by atoms with Gasteiger partial charge in [0.05, 0.1) is 0 Å². The molecular formula is C102H169BN4. The Morgan fingerprint density at radius 1 is 0.206 bits per heavy atom. The van der Waals surface area contributed by atoms with Crippen molar-refractivity contribution in [1.82, 2.24) is 19.6 Å². The lowest BCUT2D eigenvalue weighted by atomic mass is 9.18. The minimum Gasteiger partial charge on any atom is -0.295 e. The van der Waals surface area contributed by atoms with E-state index in [0.717, 1.165) is 227 Å². The summed E-state index contributed by atoms with van der Waals surface area (Å²) in [6, 6.07) is 10.3. The summed E-state index contributed by atoms with van der Waals surface area (Å²) in [7, 11) is 0. The molecule has 0 radical (unpaired) electrons. The third-order valence-electron chi connectivity index (χ3n) is 42.8. The molecule has 21 fully saturated rings. The van der Waals surface area contributed by atoms with Crippen molar-refractivity contribution in [3.05, 3.63) is 0 Å². The second-order valence-corrected chi connectivity index (χ2v) is 48.5. The van der Waals surface area contributed by atoms with E-state index in [9.17, 15) is 0 Å². The molecule has 4 nitrogen and oxygen atoms in total. The lowest BCUT2D eigenvalue weighted by Crippen LogP contribution is -2.78. The predicted molar refractivity (Wildman–Crippen MR) is 449 cm³/mol. The Hall–Kier alpha value is -0.0951. The molecule has 0 aromatic carbocycles. The Balaban J connectivity index is 0.760. The van der Waals surface area contributed by atoms with Gasteiger partial charge in [0, 0.05) is 72.5 Å². The summed E-state index contributed by atoms with van der Waals surface area (Å²) in [4.78, 5) is 15.4. The first-order valence-corrected chi connectivity index (χ1v) is 51.5. The molecule has 0 aromatic heterocycles. The van der Waals surface area contributed by atoms with Gasteiger partial charge >= 0.3 is 0 Å². The second-order valence-electron chi connectivity index (χ2n) is 48.5. The van der Waals surface area contributed by atoms with E-state index in [-0.39, 0.29) is 0 Å². The summed E-state index contributed by atoms with van der Waals surface area (Å²) in [5, 5.41) is 0. The molecule has 31 unspecified atom stereocenters. The highest BCUT2D eigenvalue weighted by Gasteiger charge is 2.71. The minimum atomic E-state index is 0.434. The lowest BCUT2D eigenvalue weighted by Gasteiger charge is -2.72. The molecule has 0 aromatic rings. The maximum atomic E-state index is 4.05. The van der Waals surface area contributed by atoms with Crippen molar-refractivity contribution < 1.29 is 0 Å². The van der Waals surface area contributed by atoms with E-state index >= 15 is 0 Å². The molecule has 600 valence electrons. The molecule has 17 aliphatic carbocycles. The van der Waals surface area contributed by atoms with Gasteiger partial charge in [0.15, 0.2) is 6.71 Å². The van der Waals surface area contributed by atoms with E-state index in [1.165, 1.54) is 51.4 Å². The number of fused-ring (bicyclic) bond motifs is 10. The van der Waals surface area contributed by atoms with Gasteiger partial charge in [0.25, 0.3) is 0 Å². The Kier molecular flexibility index (Phi) is 21.3. The van der Waals surface area contributed by atoms with Crippen LogP contribution in [0.1, 0.15) is 408 Å². The van der Waals surface area contributed by atoms with Gasteiger partial charge < -0.3 is 0 Å². The second kappa shape index (κ2) is 30.7. The average molecular weight is 1460 g/mol. The summed E-state index contributed by atoms with van der Waals surface area (Å²) < 4.78 is 0. The van der Waals surface area contributed by atoms with Crippen LogP contribution >= 0.6 is 0 Å². The van der Waals surface area contributed by atoms with Crippen LogP contribution in [0.4, 0.5) is 0 Å². The molecule has 4 aliphatic heterocycles. The highest BCUT2D eigenvalue weighted by atomic mass is 15.3. The third kappa shape index (κ3) is 13.1. The largest absolute Gasteiger partial charge is 0.295 e. The molecule has 21 rings (SSSR count). The normalized spacial score (nSPS) is 51.5. The van der Waals surface area contributed by atoms with Gasteiger partial charge in [0.1, 0.15) is 0 Å². The van der Waals surface area contributed by atoms with Crippen LogP contribution in [-0.2, 0) is 0 Å². The van der Waals surface area contributed by atoms with Gasteiger partial charge in [-0.15, -0.1) is 0 Å². The lowest BCUT2D eigenvalue weighted by molar-refractivity contribution is -0.156. The van der Waals surface area contributed by atoms with Crippen molar-refractivity contribution in [2.24, 2.45) is 141 Å². The van der Waals surface area contributed by atoms with E-state index in [1.807, 2.05) is 0 Å². The van der Waals surface area contributed by atoms with Crippen LogP contribution in [-0.4, -0.2) is 98.8 Å². The van der Waals surface area contributed by atoms with Gasteiger partial charge in [-0.3, -0.25) is 19.6 Å². The maximum Gasteiger partial charge on any atom is 0.156 e. The standard InChI is InChI=1S/C102H169BN4/c1-101(2,3)72-55-69-49-50-70-56-73(102(4,5)6)60-85-84(58-71(57-72)96(69)97(70)85)68-51-54-92-87(59-68)103-86-53-52-74(104-88-45-23-19-37-80(88)81-38-20-24-46-89(81)104)61-93(86)107(100-78(66-33-15-9-16-34-66)43-28-44-79(100)67-35-17-10-18-36-67)95-63-75(105-90-47-25-21-39-82(90)83-40-22-26-48-91(83)105)62-94(98(95)103)106(92)99-76(64-29-11-7-12-30-64)41-27-42-77(99)65-31-13-8-14-32-65/h64-100H,7-63H2,1-6H3. The zero-order valence-corrected chi connectivity index (χ0v) is 71.0. The highest BCUT2D eigenvalue weighted by molar-refractivity contribution is 6.65. The monoisotopic (exact) mass is 1460 g/mol. The fourth-order valence-electron chi connectivity index (χ4n) is 39.2. The molecule has 0 bridgehead atoms. The number of rotatable bonds is 9. The first-order chi connectivity index (χ1) is 52.4. The van der Waals surface area contributed by atoms with E-state index in [0.29, 0.717) is 10.8 Å². The molecule has 0 amide bonds. The van der Waals surface area contributed by atoms with E-state index in [1.54, 1.807) is 315 Å². The number of nitrogens with zero attached hydrogens (tertiary/aromatic N) is 4. The van der Waals surface area contributed by atoms with Crippen LogP contribution < -0.4 is 0 Å². The summed E-state index contributed by atoms with van der Waals surface area (Å²) in [5.74, 6) is 24.7. The van der Waals surface area contributed by atoms with Gasteiger partial charge in [0.2, 0.25) is 0 Å². The fraction of sp³-hybridized carbons (Fsp3) is 1.00. The molecule has 0 N–H and O–H groups in total. The van der Waals surface area contributed by atoms with E-state index < -0.39 is 0 Å². The van der Waals surface area contributed by atoms with Crippen molar-refractivity contribution in [3.8, 4) is 0 Å². The van der Waals surface area contributed by atoms with Gasteiger partial charge in [-0.1, -0.05) is 247 Å². The van der Waals surface area contributed by atoms with Gasteiger partial charge in [-0.05, 0) is 319 Å². The molecule has 107 heavy (non-hydrogen) atoms. The smallest absolute Gasteiger partial charge is 0.156 e. The molecule has 5 heteroatoms.